The second-order valence-electron chi connectivity index (χ2n) is 5.76. The van der Waals surface area contributed by atoms with Crippen molar-refractivity contribution in [2.75, 3.05) is 13.7 Å². The van der Waals surface area contributed by atoms with Gasteiger partial charge in [0, 0.05) is 36.9 Å². The molecule has 2 rings (SSSR count). The first-order valence-corrected chi connectivity index (χ1v) is 8.00. The molecule has 2 N–H and O–H groups in total. The Bertz CT molecular complexity index is 839. The number of carbonyl (C=O) groups is 2. The number of carboxylic acids is 1. The Morgan fingerprint density at radius 3 is 2.68 bits per heavy atom. The molecular formula is C18H21NO6. The molecule has 7 nitrogen and oxygen atoms in total. The minimum Gasteiger partial charge on any atom is -0.496 e. The van der Waals surface area contributed by atoms with E-state index in [4.69, 9.17) is 14.3 Å². The molecule has 1 heterocycles. The van der Waals surface area contributed by atoms with Crippen LogP contribution in [0.15, 0.2) is 27.4 Å². The number of methoxy groups -OCH3 is 1. The molecule has 1 aromatic heterocycles. The topological polar surface area (TPSA) is 106 Å². The molecule has 0 bridgehead atoms. The largest absolute Gasteiger partial charge is 0.496 e. The van der Waals surface area contributed by atoms with Crippen molar-refractivity contribution in [2.24, 2.45) is 0 Å². The molecule has 0 aliphatic carbocycles. The zero-order valence-electron chi connectivity index (χ0n) is 14.3. The summed E-state index contributed by atoms with van der Waals surface area (Å²) in [5.74, 6) is -0.471. The van der Waals surface area contributed by atoms with Crippen LogP contribution in [0.2, 0.25) is 0 Å². The van der Waals surface area contributed by atoms with Gasteiger partial charge >= 0.3 is 11.6 Å². The third-order valence-corrected chi connectivity index (χ3v) is 3.86. The van der Waals surface area contributed by atoms with Gasteiger partial charge < -0.3 is 19.6 Å². The fraction of sp³-hybridized carbons (Fsp3) is 0.389. The first-order valence-electron chi connectivity index (χ1n) is 8.00. The highest BCUT2D eigenvalue weighted by atomic mass is 16.5. The van der Waals surface area contributed by atoms with Crippen molar-refractivity contribution in [1.82, 2.24) is 5.32 Å². The first-order chi connectivity index (χ1) is 11.9. The van der Waals surface area contributed by atoms with Crippen molar-refractivity contribution in [3.05, 3.63) is 39.7 Å². The quantitative estimate of drug-likeness (QED) is 0.559. The number of aliphatic carboxylic acids is 1. The molecule has 134 valence electrons. The first kappa shape index (κ1) is 18.5. The van der Waals surface area contributed by atoms with Crippen molar-refractivity contribution in [3.8, 4) is 5.75 Å². The SMILES string of the molecule is COc1cc2oc(=O)cc(C)c2cc1CCC(=O)NCCCC(=O)O. The molecular weight excluding hydrogens is 326 g/mol. The smallest absolute Gasteiger partial charge is 0.336 e. The second kappa shape index (κ2) is 8.32. The minimum atomic E-state index is -0.878. The van der Waals surface area contributed by atoms with Gasteiger partial charge in [0.25, 0.3) is 0 Å². The summed E-state index contributed by atoms with van der Waals surface area (Å²) in [5, 5.41) is 12.1. The normalized spacial score (nSPS) is 10.6. The Labute approximate surface area is 144 Å². The molecule has 1 amide bonds. The predicted molar refractivity (Wildman–Crippen MR) is 92.0 cm³/mol. The molecule has 7 heteroatoms. The Kier molecular flexibility index (Phi) is 6.16. The van der Waals surface area contributed by atoms with E-state index in [1.807, 2.05) is 13.0 Å². The molecule has 0 spiro atoms. The van der Waals surface area contributed by atoms with E-state index in [1.165, 1.54) is 13.2 Å². The van der Waals surface area contributed by atoms with Gasteiger partial charge in [-0.2, -0.15) is 0 Å². The van der Waals surface area contributed by atoms with E-state index in [2.05, 4.69) is 5.32 Å². The van der Waals surface area contributed by atoms with E-state index in [0.717, 1.165) is 16.5 Å². The van der Waals surface area contributed by atoms with Crippen molar-refractivity contribution < 1.29 is 23.8 Å². The molecule has 0 aliphatic heterocycles. The van der Waals surface area contributed by atoms with Crippen molar-refractivity contribution in [3.63, 3.8) is 0 Å². The number of fused-ring (bicyclic) bond motifs is 1. The third-order valence-electron chi connectivity index (χ3n) is 3.86. The highest BCUT2D eigenvalue weighted by molar-refractivity contribution is 5.83. The van der Waals surface area contributed by atoms with E-state index >= 15 is 0 Å². The number of aryl methyl sites for hydroxylation is 2. The molecule has 0 unspecified atom stereocenters. The van der Waals surface area contributed by atoms with Crippen LogP contribution in [0.1, 0.15) is 30.4 Å². The van der Waals surface area contributed by atoms with Crippen LogP contribution in [0.25, 0.3) is 11.0 Å². The van der Waals surface area contributed by atoms with Crippen LogP contribution >= 0.6 is 0 Å². The van der Waals surface area contributed by atoms with Crippen LogP contribution in [-0.4, -0.2) is 30.6 Å². The van der Waals surface area contributed by atoms with Gasteiger partial charge in [0.1, 0.15) is 11.3 Å². The van der Waals surface area contributed by atoms with Gasteiger partial charge in [-0.15, -0.1) is 0 Å². The fourth-order valence-corrected chi connectivity index (χ4v) is 2.58. The second-order valence-corrected chi connectivity index (χ2v) is 5.76. The van der Waals surface area contributed by atoms with Gasteiger partial charge in [0.15, 0.2) is 0 Å². The molecule has 2 aromatic rings. The fourth-order valence-electron chi connectivity index (χ4n) is 2.58. The van der Waals surface area contributed by atoms with Gasteiger partial charge in [0.05, 0.1) is 7.11 Å². The summed E-state index contributed by atoms with van der Waals surface area (Å²) in [5.41, 5.74) is 1.67. The standard InChI is InChI=1S/C18H21NO6/c1-11-8-18(23)25-15-10-14(24-2)12(9-13(11)15)5-6-16(20)19-7-3-4-17(21)22/h8-10H,3-7H2,1-2H3,(H,19,20)(H,21,22). The third kappa shape index (κ3) is 5.07. The summed E-state index contributed by atoms with van der Waals surface area (Å²) in [4.78, 5) is 33.8. The summed E-state index contributed by atoms with van der Waals surface area (Å²) < 4.78 is 10.5. The van der Waals surface area contributed by atoms with Crippen molar-refractivity contribution >= 4 is 22.8 Å². The Morgan fingerprint density at radius 1 is 1.24 bits per heavy atom. The van der Waals surface area contributed by atoms with Crippen LogP contribution in [0, 0.1) is 6.92 Å². The summed E-state index contributed by atoms with van der Waals surface area (Å²) in [6.45, 7) is 2.16. The Hall–Kier alpha value is -2.83. The highest BCUT2D eigenvalue weighted by Gasteiger charge is 2.11. The van der Waals surface area contributed by atoms with Gasteiger partial charge in [-0.3, -0.25) is 9.59 Å². The average Bonchev–Trinajstić information content (AvgIpc) is 2.56. The maximum Gasteiger partial charge on any atom is 0.336 e. The summed E-state index contributed by atoms with van der Waals surface area (Å²) in [6.07, 6.45) is 1.15. The molecule has 1 aromatic carbocycles. The lowest BCUT2D eigenvalue weighted by Gasteiger charge is -2.11. The molecule has 0 aliphatic rings. The lowest BCUT2D eigenvalue weighted by atomic mass is 10.0. The van der Waals surface area contributed by atoms with Crippen LogP contribution in [0.5, 0.6) is 5.75 Å². The molecule has 0 saturated heterocycles. The number of carbonyl (C=O) groups excluding carboxylic acids is 1. The van der Waals surface area contributed by atoms with Crippen molar-refractivity contribution in [1.29, 1.82) is 0 Å². The average molecular weight is 347 g/mol. The number of hydrogen-bond donors (Lipinski definition) is 2. The number of rotatable bonds is 8. The molecule has 0 fully saturated rings. The van der Waals surface area contributed by atoms with E-state index in [0.29, 0.717) is 30.7 Å². The number of carboxylic acid groups (broad SMARTS) is 1. The number of hydrogen-bond acceptors (Lipinski definition) is 5. The van der Waals surface area contributed by atoms with Crippen LogP contribution in [0.3, 0.4) is 0 Å². The Morgan fingerprint density at radius 2 is 2.00 bits per heavy atom. The Balaban J connectivity index is 2.06. The van der Waals surface area contributed by atoms with E-state index in [9.17, 15) is 14.4 Å². The highest BCUT2D eigenvalue weighted by Crippen LogP contribution is 2.28. The van der Waals surface area contributed by atoms with Crippen molar-refractivity contribution in [2.45, 2.75) is 32.6 Å². The molecule has 0 saturated carbocycles. The van der Waals surface area contributed by atoms with Gasteiger partial charge in [-0.05, 0) is 37.0 Å². The lowest BCUT2D eigenvalue weighted by Crippen LogP contribution is -2.25. The van der Waals surface area contributed by atoms with Gasteiger partial charge in [0.2, 0.25) is 5.91 Å². The summed E-state index contributed by atoms with van der Waals surface area (Å²) in [6, 6.07) is 4.95. The maximum absolute atomic E-state index is 11.9. The predicted octanol–water partition coefficient (Wildman–Crippen LogP) is 2.02. The van der Waals surface area contributed by atoms with Crippen LogP contribution < -0.4 is 15.7 Å². The maximum atomic E-state index is 11.9. The van der Waals surface area contributed by atoms with Gasteiger partial charge in [-0.1, -0.05) is 0 Å². The minimum absolute atomic E-state index is 0.0310. The van der Waals surface area contributed by atoms with E-state index in [1.54, 1.807) is 6.07 Å². The van der Waals surface area contributed by atoms with Crippen LogP contribution in [-0.2, 0) is 16.0 Å². The lowest BCUT2D eigenvalue weighted by molar-refractivity contribution is -0.137. The number of nitrogens with one attached hydrogen (secondary N) is 1. The summed E-state index contributed by atoms with van der Waals surface area (Å²) >= 11 is 0. The summed E-state index contributed by atoms with van der Waals surface area (Å²) in [7, 11) is 1.52. The monoisotopic (exact) mass is 347 g/mol. The zero-order valence-corrected chi connectivity index (χ0v) is 14.3. The van der Waals surface area contributed by atoms with Gasteiger partial charge in [-0.25, -0.2) is 4.79 Å². The van der Waals surface area contributed by atoms with E-state index < -0.39 is 11.6 Å². The number of ether oxygens (including phenoxy) is 1. The number of amides is 1. The van der Waals surface area contributed by atoms with E-state index in [-0.39, 0.29) is 18.7 Å². The van der Waals surface area contributed by atoms with Crippen LogP contribution in [0.4, 0.5) is 0 Å². The molecule has 0 radical (unpaired) electrons. The molecule has 25 heavy (non-hydrogen) atoms. The zero-order chi connectivity index (χ0) is 18.4. The molecule has 0 atom stereocenters. The number of benzene rings is 1.